The molecule has 6 rings (SSSR count). The fourth-order valence-corrected chi connectivity index (χ4v) is 4.92. The molecule has 4 aromatic rings. The number of aromatic nitrogens is 4. The molecule has 2 N–H and O–H groups in total. The van der Waals surface area contributed by atoms with Gasteiger partial charge in [0.15, 0.2) is 0 Å². The van der Waals surface area contributed by atoms with Crippen molar-refractivity contribution in [2.45, 2.75) is 12.8 Å². The largest absolute Gasteiger partial charge is 0.380 e. The molecule has 1 aromatic carbocycles. The number of halogens is 1. The van der Waals surface area contributed by atoms with E-state index < -0.39 is 5.82 Å². The van der Waals surface area contributed by atoms with Crippen LogP contribution in [-0.2, 0) is 11.8 Å². The molecule has 0 amide bonds. The fraction of sp³-hybridized carbons (Fsp3) is 0.320. The summed E-state index contributed by atoms with van der Waals surface area (Å²) in [5, 5.41) is 10.1. The third kappa shape index (κ3) is 3.43. The highest BCUT2D eigenvalue weighted by molar-refractivity contribution is 5.88. The molecule has 1 spiro atoms. The minimum absolute atomic E-state index is 0.254. The second kappa shape index (κ2) is 7.95. The Balaban J connectivity index is 1.27. The molecule has 174 valence electrons. The molecule has 2 saturated heterocycles. The molecule has 2 fully saturated rings. The topological polar surface area (TPSA) is 88.1 Å². The minimum atomic E-state index is -0.413. The number of aryl methyl sites for hydroxylation is 1. The van der Waals surface area contributed by atoms with E-state index in [-0.39, 0.29) is 11.2 Å². The first-order valence-electron chi connectivity index (χ1n) is 11.4. The van der Waals surface area contributed by atoms with E-state index in [0.717, 1.165) is 44.8 Å². The van der Waals surface area contributed by atoms with Gasteiger partial charge in [-0.2, -0.15) is 5.10 Å². The van der Waals surface area contributed by atoms with Crippen LogP contribution in [0.15, 0.2) is 53.6 Å². The maximum Gasteiger partial charge on any atom is 0.274 e. The molecule has 0 aliphatic carbocycles. The number of aromatic amines is 1. The highest BCUT2D eigenvalue weighted by Crippen LogP contribution is 2.39. The van der Waals surface area contributed by atoms with Crippen molar-refractivity contribution in [2.75, 3.05) is 36.5 Å². The van der Waals surface area contributed by atoms with E-state index in [2.05, 4.69) is 25.4 Å². The van der Waals surface area contributed by atoms with E-state index >= 15 is 4.39 Å². The molecule has 3 aromatic heterocycles. The quantitative estimate of drug-likeness (QED) is 0.481. The lowest BCUT2D eigenvalue weighted by Gasteiger charge is -2.47. The molecule has 8 nitrogen and oxygen atoms in total. The van der Waals surface area contributed by atoms with Gasteiger partial charge in [-0.05, 0) is 49.2 Å². The van der Waals surface area contributed by atoms with Gasteiger partial charge in [0.25, 0.3) is 5.56 Å². The number of anilines is 3. The second-order valence-corrected chi connectivity index (χ2v) is 9.26. The number of fused-ring (bicyclic) bond motifs is 1. The number of hydrogen-bond acceptors (Lipinski definition) is 6. The van der Waals surface area contributed by atoms with Gasteiger partial charge in [-0.15, -0.1) is 0 Å². The lowest BCUT2D eigenvalue weighted by molar-refractivity contribution is -0.124. The highest BCUT2D eigenvalue weighted by atomic mass is 19.1. The van der Waals surface area contributed by atoms with E-state index in [1.54, 1.807) is 37.5 Å². The van der Waals surface area contributed by atoms with E-state index in [4.69, 9.17) is 4.74 Å². The molecule has 9 heteroatoms. The van der Waals surface area contributed by atoms with Gasteiger partial charge in [0.2, 0.25) is 0 Å². The van der Waals surface area contributed by atoms with Gasteiger partial charge in [0, 0.05) is 42.7 Å². The van der Waals surface area contributed by atoms with E-state index in [1.807, 2.05) is 18.3 Å². The molecule has 2 aliphatic heterocycles. The van der Waals surface area contributed by atoms with Crippen molar-refractivity contribution in [1.82, 2.24) is 19.7 Å². The number of benzene rings is 1. The summed E-state index contributed by atoms with van der Waals surface area (Å²) in [6.07, 6.45) is 5.66. The Kier molecular flexibility index (Phi) is 4.88. The average Bonchev–Trinajstić information content (AvgIpc) is 3.37. The number of nitrogens with one attached hydrogen (secondary N) is 2. The van der Waals surface area contributed by atoms with Gasteiger partial charge in [0.1, 0.15) is 17.3 Å². The van der Waals surface area contributed by atoms with Gasteiger partial charge in [-0.1, -0.05) is 0 Å². The molecule has 34 heavy (non-hydrogen) atoms. The van der Waals surface area contributed by atoms with Crippen LogP contribution in [-0.4, -0.2) is 46.1 Å². The first-order chi connectivity index (χ1) is 16.5. The lowest BCUT2D eigenvalue weighted by Crippen LogP contribution is -2.50. The highest BCUT2D eigenvalue weighted by Gasteiger charge is 2.41. The molecule has 0 saturated carbocycles. The number of piperidine rings is 1. The first kappa shape index (κ1) is 20.9. The zero-order chi connectivity index (χ0) is 23.3. The lowest BCUT2D eigenvalue weighted by atomic mass is 9.77. The Hall–Kier alpha value is -3.72. The number of H-pyrrole nitrogens is 1. The van der Waals surface area contributed by atoms with E-state index in [1.165, 1.54) is 4.57 Å². The Morgan fingerprint density at radius 3 is 2.62 bits per heavy atom. The zero-order valence-corrected chi connectivity index (χ0v) is 18.8. The van der Waals surface area contributed by atoms with Crippen LogP contribution in [0.2, 0.25) is 0 Å². The number of nitrogens with zero attached hydrogens (tertiary/aromatic N) is 4. The molecule has 0 atom stereocenters. The number of rotatable bonds is 4. The molecular weight excluding hydrogens is 435 g/mol. The summed E-state index contributed by atoms with van der Waals surface area (Å²) in [6, 6.07) is 10.5. The first-order valence-corrected chi connectivity index (χ1v) is 11.4. The van der Waals surface area contributed by atoms with Gasteiger partial charge >= 0.3 is 0 Å². The smallest absolute Gasteiger partial charge is 0.274 e. The Morgan fingerprint density at radius 2 is 1.97 bits per heavy atom. The van der Waals surface area contributed by atoms with Crippen molar-refractivity contribution < 1.29 is 9.13 Å². The van der Waals surface area contributed by atoms with Crippen molar-refractivity contribution in [2.24, 2.45) is 12.5 Å². The summed E-state index contributed by atoms with van der Waals surface area (Å²) in [5.41, 5.74) is 2.94. The van der Waals surface area contributed by atoms with Crippen LogP contribution in [0.1, 0.15) is 12.8 Å². The van der Waals surface area contributed by atoms with Crippen molar-refractivity contribution in [3.63, 3.8) is 0 Å². The predicted octanol–water partition coefficient (Wildman–Crippen LogP) is 3.82. The minimum Gasteiger partial charge on any atom is -0.380 e. The number of ether oxygens (including phenoxy) is 1. The molecule has 0 bridgehead atoms. The maximum atomic E-state index is 15.4. The normalized spacial score (nSPS) is 17.2. The van der Waals surface area contributed by atoms with Crippen molar-refractivity contribution in [3.05, 3.63) is 65.0 Å². The third-order valence-corrected chi connectivity index (χ3v) is 7.15. The van der Waals surface area contributed by atoms with Gasteiger partial charge in [-0.3, -0.25) is 9.89 Å². The van der Waals surface area contributed by atoms with Crippen LogP contribution in [0.4, 0.5) is 21.6 Å². The standard InChI is InChI=1S/C25H25FN6O2/c1-31-21-4-3-17(19-6-9-28-30-19)23(26)18(21)12-20(24(31)33)29-22-5-2-16(13-27-22)32-10-7-25(8-11-32)14-34-15-25/h2-6,9,12-13H,7-8,10-11,14-15H2,1H3,(H,27,29)(H,28,30). The predicted molar refractivity (Wildman–Crippen MR) is 129 cm³/mol. The number of hydrogen-bond donors (Lipinski definition) is 2. The molecule has 0 radical (unpaired) electrons. The summed E-state index contributed by atoms with van der Waals surface area (Å²) < 4.78 is 22.2. The maximum absolute atomic E-state index is 15.4. The zero-order valence-electron chi connectivity index (χ0n) is 18.8. The molecular formula is C25H25FN6O2. The third-order valence-electron chi connectivity index (χ3n) is 7.15. The van der Waals surface area contributed by atoms with Crippen LogP contribution < -0.4 is 15.8 Å². The van der Waals surface area contributed by atoms with Crippen molar-refractivity contribution in [1.29, 1.82) is 0 Å². The van der Waals surface area contributed by atoms with Crippen LogP contribution in [0.3, 0.4) is 0 Å². The van der Waals surface area contributed by atoms with Crippen LogP contribution in [0.5, 0.6) is 0 Å². The fourth-order valence-electron chi connectivity index (χ4n) is 4.92. The second-order valence-electron chi connectivity index (χ2n) is 9.26. The van der Waals surface area contributed by atoms with Gasteiger partial charge < -0.3 is 19.5 Å². The van der Waals surface area contributed by atoms with E-state index in [0.29, 0.717) is 33.4 Å². The molecule has 2 aliphatic rings. The summed E-state index contributed by atoms with van der Waals surface area (Å²) in [7, 11) is 1.64. The monoisotopic (exact) mass is 460 g/mol. The average molecular weight is 461 g/mol. The van der Waals surface area contributed by atoms with Crippen LogP contribution in [0, 0.1) is 11.2 Å². The molecule has 5 heterocycles. The van der Waals surface area contributed by atoms with Crippen LogP contribution >= 0.6 is 0 Å². The summed E-state index contributed by atoms with van der Waals surface area (Å²) in [6.45, 7) is 3.74. The summed E-state index contributed by atoms with van der Waals surface area (Å²) in [4.78, 5) is 19.8. The Bertz CT molecular complexity index is 1400. The SMILES string of the molecule is Cn1c(=O)c(Nc2ccc(N3CCC4(CC3)COC4)cn2)cc2c(F)c(-c3ccn[nH]3)ccc21. The summed E-state index contributed by atoms with van der Waals surface area (Å²) in [5.74, 6) is 0.120. The molecule has 0 unspecified atom stereocenters. The van der Waals surface area contributed by atoms with Crippen molar-refractivity contribution in [3.8, 4) is 11.3 Å². The Labute approximate surface area is 195 Å². The number of pyridine rings is 2. The van der Waals surface area contributed by atoms with E-state index in [9.17, 15) is 4.79 Å². The van der Waals surface area contributed by atoms with Crippen LogP contribution in [0.25, 0.3) is 22.2 Å². The van der Waals surface area contributed by atoms with Crippen molar-refractivity contribution >= 4 is 28.1 Å². The summed E-state index contributed by atoms with van der Waals surface area (Å²) >= 11 is 0. The van der Waals surface area contributed by atoms with Gasteiger partial charge in [0.05, 0.1) is 36.3 Å². The van der Waals surface area contributed by atoms with Gasteiger partial charge in [-0.25, -0.2) is 9.37 Å². The Morgan fingerprint density at radius 1 is 1.15 bits per heavy atom.